The lowest BCUT2D eigenvalue weighted by Crippen LogP contribution is -2.51. The van der Waals surface area contributed by atoms with Crippen LogP contribution in [0.5, 0.6) is 0 Å². The minimum absolute atomic E-state index is 0.0526. The van der Waals surface area contributed by atoms with Crippen molar-refractivity contribution in [3.63, 3.8) is 0 Å². The Morgan fingerprint density at radius 1 is 1.06 bits per heavy atom. The molecule has 2 aromatic rings. The molecule has 0 aliphatic carbocycles. The summed E-state index contributed by atoms with van der Waals surface area (Å²) in [6.45, 7) is 7.69. The van der Waals surface area contributed by atoms with Crippen LogP contribution in [0.1, 0.15) is 51.2 Å². The van der Waals surface area contributed by atoms with Crippen molar-refractivity contribution in [2.45, 2.75) is 52.6 Å². The molecular formula is C25H34ClN3O4S. The fourth-order valence-electron chi connectivity index (χ4n) is 3.61. The van der Waals surface area contributed by atoms with Gasteiger partial charge in [0.1, 0.15) is 12.6 Å². The van der Waals surface area contributed by atoms with Crippen molar-refractivity contribution in [2.24, 2.45) is 0 Å². The Kier molecular flexibility index (Phi) is 9.94. The van der Waals surface area contributed by atoms with E-state index in [1.807, 2.05) is 39.0 Å². The zero-order valence-corrected chi connectivity index (χ0v) is 22.0. The summed E-state index contributed by atoms with van der Waals surface area (Å²) >= 11 is 6.12. The quantitative estimate of drug-likeness (QED) is 0.494. The van der Waals surface area contributed by atoms with E-state index in [9.17, 15) is 18.0 Å². The summed E-state index contributed by atoms with van der Waals surface area (Å²) in [5, 5.41) is 3.32. The summed E-state index contributed by atoms with van der Waals surface area (Å²) in [4.78, 5) is 27.7. The average Bonchev–Trinajstić information content (AvgIpc) is 2.78. The number of hydrogen-bond acceptors (Lipinski definition) is 4. The number of anilines is 1. The molecule has 0 saturated carbocycles. The molecule has 0 aliphatic rings. The molecule has 2 aromatic carbocycles. The summed E-state index contributed by atoms with van der Waals surface area (Å²) in [5.41, 5.74) is 2.01. The number of amides is 2. The molecule has 2 rings (SSSR count). The summed E-state index contributed by atoms with van der Waals surface area (Å²) in [6.07, 6.45) is 1.84. The van der Waals surface area contributed by atoms with Gasteiger partial charge in [-0.2, -0.15) is 0 Å². The van der Waals surface area contributed by atoms with E-state index >= 15 is 0 Å². The Hall–Kier alpha value is -2.58. The number of halogens is 1. The smallest absolute Gasteiger partial charge is 0.244 e. The molecule has 9 heteroatoms. The predicted octanol–water partition coefficient (Wildman–Crippen LogP) is 4.17. The Morgan fingerprint density at radius 2 is 1.74 bits per heavy atom. The molecule has 0 spiro atoms. The van der Waals surface area contributed by atoms with Crippen LogP contribution < -0.4 is 9.62 Å². The maximum atomic E-state index is 13.6. The van der Waals surface area contributed by atoms with E-state index in [-0.39, 0.29) is 18.4 Å². The summed E-state index contributed by atoms with van der Waals surface area (Å²) in [7, 11) is -3.78. The molecule has 1 N–H and O–H groups in total. The maximum Gasteiger partial charge on any atom is 0.244 e. The first-order valence-corrected chi connectivity index (χ1v) is 13.6. The van der Waals surface area contributed by atoms with Crippen molar-refractivity contribution in [1.82, 2.24) is 10.2 Å². The number of hydrogen-bond donors (Lipinski definition) is 1. The minimum atomic E-state index is -3.78. The number of sulfonamides is 1. The van der Waals surface area contributed by atoms with Crippen molar-refractivity contribution in [1.29, 1.82) is 0 Å². The van der Waals surface area contributed by atoms with Gasteiger partial charge < -0.3 is 10.2 Å². The molecule has 1 atom stereocenters. The van der Waals surface area contributed by atoms with Gasteiger partial charge in [-0.3, -0.25) is 13.9 Å². The van der Waals surface area contributed by atoms with Gasteiger partial charge in [-0.05, 0) is 48.6 Å². The highest BCUT2D eigenvalue weighted by Gasteiger charge is 2.31. The summed E-state index contributed by atoms with van der Waals surface area (Å²) in [5.74, 6) is -0.731. The molecule has 2 amide bonds. The third-order valence-corrected chi connectivity index (χ3v) is 6.83. The highest BCUT2D eigenvalue weighted by Crippen LogP contribution is 2.29. The van der Waals surface area contributed by atoms with Crippen LogP contribution in [0.15, 0.2) is 48.5 Å². The van der Waals surface area contributed by atoms with Crippen LogP contribution in [0.3, 0.4) is 0 Å². The minimum Gasteiger partial charge on any atom is -0.354 e. The van der Waals surface area contributed by atoms with Crippen LogP contribution in [0.2, 0.25) is 5.02 Å². The van der Waals surface area contributed by atoms with E-state index in [4.69, 9.17) is 11.6 Å². The largest absolute Gasteiger partial charge is 0.354 e. The molecule has 0 saturated heterocycles. The number of rotatable bonds is 11. The van der Waals surface area contributed by atoms with Gasteiger partial charge in [-0.1, -0.05) is 62.7 Å². The first kappa shape index (κ1) is 27.7. The lowest BCUT2D eigenvalue weighted by atomic mass is 10.0. The molecule has 0 radical (unpaired) electrons. The fraction of sp³-hybridized carbons (Fsp3) is 0.440. The molecule has 7 nitrogen and oxygen atoms in total. The van der Waals surface area contributed by atoms with E-state index in [1.165, 1.54) is 4.90 Å². The van der Waals surface area contributed by atoms with Gasteiger partial charge in [0, 0.05) is 18.1 Å². The lowest BCUT2D eigenvalue weighted by molar-refractivity contribution is -0.139. The zero-order valence-electron chi connectivity index (χ0n) is 20.4. The molecule has 34 heavy (non-hydrogen) atoms. The highest BCUT2D eigenvalue weighted by atomic mass is 35.5. The molecule has 0 aromatic heterocycles. The summed E-state index contributed by atoms with van der Waals surface area (Å²) < 4.78 is 26.7. The van der Waals surface area contributed by atoms with E-state index in [0.717, 1.165) is 28.1 Å². The second-order valence-corrected chi connectivity index (χ2v) is 10.9. The Balaban J connectivity index is 2.44. The highest BCUT2D eigenvalue weighted by molar-refractivity contribution is 7.92. The number of para-hydroxylation sites is 1. The van der Waals surface area contributed by atoms with Gasteiger partial charge in [-0.15, -0.1) is 0 Å². The number of benzene rings is 2. The van der Waals surface area contributed by atoms with Gasteiger partial charge in [0.15, 0.2) is 0 Å². The first-order chi connectivity index (χ1) is 16.0. The van der Waals surface area contributed by atoms with Crippen molar-refractivity contribution < 1.29 is 18.0 Å². The third-order valence-electron chi connectivity index (χ3n) is 5.47. The van der Waals surface area contributed by atoms with Crippen molar-refractivity contribution >= 4 is 39.1 Å². The second kappa shape index (κ2) is 12.2. The normalized spacial score (nSPS) is 12.3. The van der Waals surface area contributed by atoms with Crippen molar-refractivity contribution in [3.05, 3.63) is 64.7 Å². The maximum absolute atomic E-state index is 13.6. The van der Waals surface area contributed by atoms with Gasteiger partial charge >= 0.3 is 0 Å². The number of carbonyl (C=O) groups is 2. The van der Waals surface area contributed by atoms with Crippen LogP contribution in [0, 0.1) is 0 Å². The number of nitrogens with one attached hydrogen (secondary N) is 1. The van der Waals surface area contributed by atoms with E-state index < -0.39 is 28.5 Å². The van der Waals surface area contributed by atoms with Crippen LogP contribution >= 0.6 is 11.6 Å². The fourth-order valence-corrected chi connectivity index (χ4v) is 4.69. The molecule has 0 fully saturated rings. The topological polar surface area (TPSA) is 86.8 Å². The first-order valence-electron chi connectivity index (χ1n) is 11.3. The Bertz CT molecular complexity index is 1100. The summed E-state index contributed by atoms with van der Waals surface area (Å²) in [6, 6.07) is 13.4. The van der Waals surface area contributed by atoms with Crippen LogP contribution in [0.25, 0.3) is 0 Å². The van der Waals surface area contributed by atoms with E-state index in [2.05, 4.69) is 5.32 Å². The Morgan fingerprint density at radius 3 is 2.32 bits per heavy atom. The predicted molar refractivity (Wildman–Crippen MR) is 137 cm³/mol. The molecule has 0 bridgehead atoms. The monoisotopic (exact) mass is 507 g/mol. The SMILES string of the molecule is CCCNC(=O)[C@H](C)N(Cc1cccc(Cl)c1)C(=O)CN(c1ccccc1C(C)C)S(C)(=O)=O. The molecule has 186 valence electrons. The molecule has 0 heterocycles. The van der Waals surface area contributed by atoms with Crippen molar-refractivity contribution in [3.8, 4) is 0 Å². The van der Waals surface area contributed by atoms with E-state index in [0.29, 0.717) is 17.3 Å². The van der Waals surface area contributed by atoms with Crippen LogP contribution in [-0.2, 0) is 26.2 Å². The number of carbonyl (C=O) groups excluding carboxylic acids is 2. The number of nitrogens with zero attached hydrogens (tertiary/aromatic N) is 2. The van der Waals surface area contributed by atoms with Crippen molar-refractivity contribution in [2.75, 3.05) is 23.7 Å². The second-order valence-electron chi connectivity index (χ2n) is 8.60. The molecular weight excluding hydrogens is 474 g/mol. The van der Waals surface area contributed by atoms with Gasteiger partial charge in [0.25, 0.3) is 0 Å². The standard InChI is InChI=1S/C25H34ClN3O4S/c1-6-14-27-25(31)19(4)28(16-20-10-9-11-21(26)15-20)24(30)17-29(34(5,32)33)23-13-8-7-12-22(23)18(2)3/h7-13,15,18-19H,6,14,16-17H2,1-5H3,(H,27,31)/t19-/m0/s1. The van der Waals surface area contributed by atoms with Crippen LogP contribution in [0.4, 0.5) is 5.69 Å². The molecule has 0 aliphatic heterocycles. The van der Waals surface area contributed by atoms with E-state index in [1.54, 1.807) is 37.3 Å². The Labute approximate surface area is 208 Å². The third kappa shape index (κ3) is 7.46. The van der Waals surface area contributed by atoms with Gasteiger partial charge in [-0.25, -0.2) is 8.42 Å². The lowest BCUT2D eigenvalue weighted by Gasteiger charge is -2.32. The molecule has 0 unspecified atom stereocenters. The van der Waals surface area contributed by atoms with Crippen LogP contribution in [-0.4, -0.2) is 50.5 Å². The zero-order chi connectivity index (χ0) is 25.5. The average molecular weight is 508 g/mol. The van der Waals surface area contributed by atoms with Gasteiger partial charge in [0.05, 0.1) is 11.9 Å². The van der Waals surface area contributed by atoms with Gasteiger partial charge in [0.2, 0.25) is 21.8 Å².